The molecule has 146 valence electrons. The lowest BCUT2D eigenvalue weighted by Gasteiger charge is -2.13. The van der Waals surface area contributed by atoms with Gasteiger partial charge in [-0.1, -0.05) is 18.2 Å². The molecule has 1 heterocycles. The van der Waals surface area contributed by atoms with E-state index in [1.165, 1.54) is 0 Å². The summed E-state index contributed by atoms with van der Waals surface area (Å²) in [5, 5.41) is 18.9. The van der Waals surface area contributed by atoms with E-state index in [-0.39, 0.29) is 6.61 Å². The third-order valence-corrected chi connectivity index (χ3v) is 3.35. The highest BCUT2D eigenvalue weighted by Gasteiger charge is 2.19. The van der Waals surface area contributed by atoms with Crippen molar-refractivity contribution in [2.24, 2.45) is 12.8 Å². The average molecular weight is 390 g/mol. The quantitative estimate of drug-likeness (QED) is 0.315. The van der Waals surface area contributed by atoms with Crippen LogP contribution in [0.3, 0.4) is 0 Å². The van der Waals surface area contributed by atoms with E-state index >= 15 is 0 Å². The van der Waals surface area contributed by atoms with Crippen molar-refractivity contribution in [1.82, 2.24) is 4.57 Å². The second-order valence-corrected chi connectivity index (χ2v) is 6.40. The third-order valence-electron chi connectivity index (χ3n) is 3.35. The molecule has 0 aliphatic heterocycles. The van der Waals surface area contributed by atoms with Gasteiger partial charge in [-0.05, 0) is 11.6 Å². The number of ether oxygens (including phenoxy) is 1. The Hall–Kier alpha value is -2.02. The van der Waals surface area contributed by atoms with Crippen LogP contribution in [0.2, 0.25) is 0 Å². The third kappa shape index (κ3) is 7.47. The molecule has 0 fully saturated rings. The number of aliphatic hydroxyl groups excluding tert-OH is 2. The van der Waals surface area contributed by atoms with Gasteiger partial charge in [0.1, 0.15) is 18.8 Å². The first-order chi connectivity index (χ1) is 12.0. The second-order valence-electron chi connectivity index (χ2n) is 5.51. The molecule has 0 amide bonds. The van der Waals surface area contributed by atoms with Gasteiger partial charge in [0, 0.05) is 30.6 Å². The number of para-hydroxylation sites is 1. The molecule has 2 aromatic rings. The first-order valence-electron chi connectivity index (χ1n) is 7.47. The number of aliphatic hydroxyl groups is 2. The van der Waals surface area contributed by atoms with Crippen molar-refractivity contribution in [3.05, 3.63) is 36.0 Å². The summed E-state index contributed by atoms with van der Waals surface area (Å²) in [7, 11) is -2.73. The lowest BCUT2D eigenvalue weighted by Crippen LogP contribution is -2.36. The Balaban J connectivity index is 0.000000597. The molecule has 1 aromatic heterocycles. The molecule has 0 radical (unpaired) electrons. The first-order valence-corrected chi connectivity index (χ1v) is 8.86. The molecule has 0 bridgehead atoms. The molecule has 0 saturated heterocycles. The minimum absolute atomic E-state index is 0.251. The van der Waals surface area contributed by atoms with Gasteiger partial charge in [0.25, 0.3) is 0 Å². The van der Waals surface area contributed by atoms with E-state index in [1.54, 1.807) is 0 Å². The number of rotatable bonds is 6. The van der Waals surface area contributed by atoms with E-state index in [1.807, 2.05) is 42.1 Å². The largest absolute Gasteiger partial charge is 0.462 e. The highest BCUT2D eigenvalue weighted by Crippen LogP contribution is 2.21. The van der Waals surface area contributed by atoms with Crippen molar-refractivity contribution in [2.45, 2.75) is 18.6 Å². The normalized spacial score (nSPS) is 13.6. The van der Waals surface area contributed by atoms with E-state index < -0.39 is 35.1 Å². The molecule has 0 spiro atoms. The van der Waals surface area contributed by atoms with E-state index in [4.69, 9.17) is 38.2 Å². The number of nitrogens with two attached hydrogens (primary N) is 1. The van der Waals surface area contributed by atoms with Crippen molar-refractivity contribution < 1.29 is 37.3 Å². The Morgan fingerprint density at radius 1 is 1.31 bits per heavy atom. The molecule has 0 saturated carbocycles. The molecule has 11 heteroatoms. The number of fused-ring (bicyclic) bond motifs is 1. The fourth-order valence-electron chi connectivity index (χ4n) is 2.25. The van der Waals surface area contributed by atoms with Crippen LogP contribution in [0, 0.1) is 0 Å². The molecular weight excluding hydrogens is 368 g/mol. The minimum Gasteiger partial charge on any atom is -0.462 e. The zero-order valence-electron chi connectivity index (χ0n) is 14.0. The van der Waals surface area contributed by atoms with Crippen LogP contribution in [0.15, 0.2) is 30.5 Å². The number of benzene rings is 1. The van der Waals surface area contributed by atoms with Gasteiger partial charge >= 0.3 is 16.4 Å². The lowest BCUT2D eigenvalue weighted by atomic mass is 10.1. The Labute approximate surface area is 150 Å². The lowest BCUT2D eigenvalue weighted by molar-refractivity contribution is -0.148. The van der Waals surface area contributed by atoms with Crippen LogP contribution in [0.1, 0.15) is 5.56 Å². The summed E-state index contributed by atoms with van der Waals surface area (Å²) in [4.78, 5) is 11.8. The molecule has 2 atom stereocenters. The van der Waals surface area contributed by atoms with Crippen LogP contribution in [0.25, 0.3) is 10.9 Å². The predicted molar refractivity (Wildman–Crippen MR) is 92.8 cm³/mol. The average Bonchev–Trinajstić information content (AvgIpc) is 2.87. The van der Waals surface area contributed by atoms with E-state index in [0.717, 1.165) is 16.5 Å². The fourth-order valence-corrected chi connectivity index (χ4v) is 2.25. The summed E-state index contributed by atoms with van der Waals surface area (Å²) in [6.07, 6.45) is 1.23. The molecule has 10 nitrogen and oxygen atoms in total. The summed E-state index contributed by atoms with van der Waals surface area (Å²) in [6, 6.07) is 7.07. The fraction of sp³-hybridized carbons (Fsp3) is 0.400. The highest BCUT2D eigenvalue weighted by molar-refractivity contribution is 7.79. The Morgan fingerprint density at radius 2 is 1.88 bits per heavy atom. The van der Waals surface area contributed by atoms with Gasteiger partial charge in [-0.3, -0.25) is 13.9 Å². The molecule has 0 aliphatic carbocycles. The zero-order chi connectivity index (χ0) is 19.9. The first kappa shape index (κ1) is 22.0. The van der Waals surface area contributed by atoms with Crippen LogP contribution in [-0.4, -0.2) is 63.6 Å². The van der Waals surface area contributed by atoms with Gasteiger partial charge in [-0.2, -0.15) is 8.42 Å². The number of carbonyl (C=O) groups is 1. The number of nitrogens with zero attached hydrogens (tertiary/aromatic N) is 1. The summed E-state index contributed by atoms with van der Waals surface area (Å²) in [5.74, 6) is -0.588. The van der Waals surface area contributed by atoms with E-state index in [0.29, 0.717) is 6.42 Å². The van der Waals surface area contributed by atoms with Gasteiger partial charge in [-0.25, -0.2) is 0 Å². The Kier molecular flexibility index (Phi) is 8.14. The summed E-state index contributed by atoms with van der Waals surface area (Å²) in [5.41, 5.74) is 7.89. The number of aromatic nitrogens is 1. The standard InChI is InChI=1S/C15H20N2O4.H2O4S/c1-17-7-10(12-4-2-3-5-14(12)17)6-13(16)15(20)21-9-11(19)8-18;1-5(2,3)4/h2-5,7,11,13,18-19H,6,8-9,16H2,1H3;(H2,1,2,3,4)/t11?,13-;/m1./s1. The molecule has 2 rings (SSSR count). The number of esters is 1. The predicted octanol–water partition coefficient (Wildman–Crippen LogP) is -0.708. The molecule has 1 aromatic carbocycles. The van der Waals surface area contributed by atoms with Gasteiger partial charge < -0.3 is 25.3 Å². The maximum Gasteiger partial charge on any atom is 0.394 e. The Morgan fingerprint density at radius 3 is 2.46 bits per heavy atom. The van der Waals surface area contributed by atoms with Crippen LogP contribution >= 0.6 is 0 Å². The van der Waals surface area contributed by atoms with Crippen LogP contribution in [0.4, 0.5) is 0 Å². The van der Waals surface area contributed by atoms with Crippen molar-refractivity contribution in [3.8, 4) is 0 Å². The molecule has 0 aliphatic rings. The van der Waals surface area contributed by atoms with Crippen LogP contribution in [0.5, 0.6) is 0 Å². The molecule has 1 unspecified atom stereocenters. The van der Waals surface area contributed by atoms with Crippen molar-refractivity contribution in [1.29, 1.82) is 0 Å². The topological polar surface area (TPSA) is 172 Å². The van der Waals surface area contributed by atoms with Crippen LogP contribution < -0.4 is 5.73 Å². The van der Waals surface area contributed by atoms with Gasteiger partial charge in [0.05, 0.1) is 6.61 Å². The van der Waals surface area contributed by atoms with Gasteiger partial charge in [0.2, 0.25) is 0 Å². The Bertz CT molecular complexity index is 825. The number of hydrogen-bond donors (Lipinski definition) is 5. The SMILES string of the molecule is Cn1cc(C[C@@H](N)C(=O)OCC(O)CO)c2ccccc21.O=S(=O)(O)O. The number of carbonyl (C=O) groups excluding carboxylic acids is 1. The summed E-state index contributed by atoms with van der Waals surface area (Å²) in [6.45, 7) is -0.704. The molecule has 26 heavy (non-hydrogen) atoms. The maximum absolute atomic E-state index is 11.8. The second kappa shape index (κ2) is 9.62. The van der Waals surface area contributed by atoms with Crippen LogP contribution in [-0.2, 0) is 33.4 Å². The molecule has 6 N–H and O–H groups in total. The zero-order valence-corrected chi connectivity index (χ0v) is 14.8. The van der Waals surface area contributed by atoms with E-state index in [2.05, 4.69) is 0 Å². The summed E-state index contributed by atoms with van der Waals surface area (Å²) < 4.78 is 38.4. The van der Waals surface area contributed by atoms with Crippen molar-refractivity contribution >= 4 is 27.3 Å². The smallest absolute Gasteiger partial charge is 0.394 e. The van der Waals surface area contributed by atoms with Crippen molar-refractivity contribution in [3.63, 3.8) is 0 Å². The van der Waals surface area contributed by atoms with Crippen molar-refractivity contribution in [2.75, 3.05) is 13.2 Å². The van der Waals surface area contributed by atoms with Gasteiger partial charge in [0.15, 0.2) is 0 Å². The minimum atomic E-state index is -4.67. The maximum atomic E-state index is 11.8. The number of hydrogen-bond acceptors (Lipinski definition) is 7. The highest BCUT2D eigenvalue weighted by atomic mass is 32.3. The molecular formula is C15H22N2O8S. The van der Waals surface area contributed by atoms with Gasteiger partial charge in [-0.15, -0.1) is 0 Å². The van der Waals surface area contributed by atoms with E-state index in [9.17, 15) is 4.79 Å². The number of aryl methyl sites for hydroxylation is 1. The summed E-state index contributed by atoms with van der Waals surface area (Å²) >= 11 is 0. The monoisotopic (exact) mass is 390 g/mol.